The number of hydrogen-bond acceptors (Lipinski definition) is 2. The number of rotatable bonds is 4. The highest BCUT2D eigenvalue weighted by Crippen LogP contribution is 2.23. The van der Waals surface area contributed by atoms with E-state index in [0.29, 0.717) is 0 Å². The average molecular weight is 237 g/mol. The van der Waals surface area contributed by atoms with E-state index in [9.17, 15) is 4.79 Å². The average Bonchev–Trinajstić information content (AvgIpc) is 2.18. The van der Waals surface area contributed by atoms with E-state index < -0.39 is 0 Å². The number of benzene rings is 1. The van der Waals surface area contributed by atoms with Crippen molar-refractivity contribution in [2.45, 2.75) is 38.6 Å². The molecular formula is C13H19NOS. The van der Waals surface area contributed by atoms with Crippen LogP contribution in [0.2, 0.25) is 0 Å². The van der Waals surface area contributed by atoms with Crippen LogP contribution < -0.4 is 5.32 Å². The summed E-state index contributed by atoms with van der Waals surface area (Å²) in [4.78, 5) is 12.2. The van der Waals surface area contributed by atoms with Crippen molar-refractivity contribution in [2.75, 3.05) is 5.75 Å². The van der Waals surface area contributed by atoms with Crippen LogP contribution in [0, 0.1) is 13.8 Å². The van der Waals surface area contributed by atoms with Gasteiger partial charge in [-0.3, -0.25) is 4.79 Å². The number of hydrogen-bond donors (Lipinski definition) is 1. The van der Waals surface area contributed by atoms with Crippen LogP contribution >= 0.6 is 11.8 Å². The van der Waals surface area contributed by atoms with Crippen LogP contribution in [0.3, 0.4) is 0 Å². The van der Waals surface area contributed by atoms with Crippen molar-refractivity contribution >= 4 is 17.7 Å². The Morgan fingerprint density at radius 3 is 2.75 bits per heavy atom. The number of carbonyl (C=O) groups excluding carboxylic acids is 1. The molecule has 0 heterocycles. The highest BCUT2D eigenvalue weighted by atomic mass is 32.2. The molecule has 1 aromatic rings. The summed E-state index contributed by atoms with van der Waals surface area (Å²) in [5, 5.41) is 2.89. The molecule has 3 heteroatoms. The third-order valence-electron chi connectivity index (χ3n) is 2.28. The Morgan fingerprint density at radius 2 is 2.12 bits per heavy atom. The van der Waals surface area contributed by atoms with Crippen molar-refractivity contribution in [1.82, 2.24) is 5.32 Å². The van der Waals surface area contributed by atoms with Gasteiger partial charge in [-0.15, -0.1) is 11.8 Å². The van der Waals surface area contributed by atoms with E-state index in [0.717, 1.165) is 5.75 Å². The molecule has 0 aromatic heterocycles. The van der Waals surface area contributed by atoms with Gasteiger partial charge in [-0.1, -0.05) is 17.7 Å². The van der Waals surface area contributed by atoms with Crippen LogP contribution in [0.4, 0.5) is 0 Å². The molecule has 0 aliphatic heterocycles. The lowest BCUT2D eigenvalue weighted by Crippen LogP contribution is -2.32. The van der Waals surface area contributed by atoms with E-state index in [2.05, 4.69) is 37.4 Å². The first-order chi connectivity index (χ1) is 7.49. The number of nitrogens with one attached hydrogen (secondary N) is 1. The van der Waals surface area contributed by atoms with E-state index in [1.807, 2.05) is 6.92 Å². The molecular weight excluding hydrogens is 218 g/mol. The lowest BCUT2D eigenvalue weighted by Gasteiger charge is -2.13. The van der Waals surface area contributed by atoms with E-state index in [4.69, 9.17) is 0 Å². The molecule has 1 amide bonds. The fourth-order valence-electron chi connectivity index (χ4n) is 1.47. The Kier molecular flexibility index (Phi) is 4.87. The van der Waals surface area contributed by atoms with E-state index in [-0.39, 0.29) is 11.9 Å². The predicted molar refractivity (Wildman–Crippen MR) is 69.9 cm³/mol. The summed E-state index contributed by atoms with van der Waals surface area (Å²) in [6.45, 7) is 7.80. The van der Waals surface area contributed by atoms with Crippen molar-refractivity contribution in [3.63, 3.8) is 0 Å². The summed E-state index contributed by atoms with van der Waals surface area (Å²) in [7, 11) is 0. The molecule has 0 aliphatic rings. The maximum atomic E-state index is 10.9. The Balaban J connectivity index is 2.54. The predicted octanol–water partition coefficient (Wildman–Crippen LogP) is 2.92. The Morgan fingerprint density at radius 1 is 1.44 bits per heavy atom. The molecule has 1 aromatic carbocycles. The van der Waals surface area contributed by atoms with Crippen molar-refractivity contribution in [3.8, 4) is 0 Å². The summed E-state index contributed by atoms with van der Waals surface area (Å²) in [6.07, 6.45) is 0. The molecule has 0 spiro atoms. The van der Waals surface area contributed by atoms with Gasteiger partial charge in [-0.2, -0.15) is 0 Å². The van der Waals surface area contributed by atoms with Crippen molar-refractivity contribution < 1.29 is 4.79 Å². The summed E-state index contributed by atoms with van der Waals surface area (Å²) in [6, 6.07) is 6.67. The zero-order valence-electron chi connectivity index (χ0n) is 10.3. The molecule has 0 saturated carbocycles. The van der Waals surface area contributed by atoms with Crippen molar-refractivity contribution in [1.29, 1.82) is 0 Å². The van der Waals surface area contributed by atoms with Crippen molar-refractivity contribution in [3.05, 3.63) is 29.3 Å². The van der Waals surface area contributed by atoms with Crippen LogP contribution in [-0.4, -0.2) is 17.7 Å². The zero-order valence-corrected chi connectivity index (χ0v) is 11.1. The maximum Gasteiger partial charge on any atom is 0.217 e. The molecule has 0 saturated heterocycles. The number of aryl methyl sites for hydroxylation is 2. The third kappa shape index (κ3) is 4.27. The molecule has 0 bridgehead atoms. The quantitative estimate of drug-likeness (QED) is 0.816. The molecule has 0 aliphatic carbocycles. The standard InChI is InChI=1S/C13H19NOS/c1-9-5-6-10(2)13(7-9)16-8-11(3)14-12(4)15/h5-7,11H,8H2,1-4H3,(H,14,15). The lowest BCUT2D eigenvalue weighted by atomic mass is 10.2. The van der Waals surface area contributed by atoms with Crippen LogP contribution in [0.15, 0.2) is 23.1 Å². The molecule has 1 N–H and O–H groups in total. The van der Waals surface area contributed by atoms with Crippen molar-refractivity contribution in [2.24, 2.45) is 0 Å². The molecule has 0 fully saturated rings. The van der Waals surface area contributed by atoms with Crippen LogP contribution in [0.1, 0.15) is 25.0 Å². The fourth-order valence-corrected chi connectivity index (χ4v) is 2.54. The molecule has 0 radical (unpaired) electrons. The highest BCUT2D eigenvalue weighted by Gasteiger charge is 2.05. The second-order valence-electron chi connectivity index (χ2n) is 4.18. The number of carbonyl (C=O) groups is 1. The monoisotopic (exact) mass is 237 g/mol. The van der Waals surface area contributed by atoms with Gasteiger partial charge in [0.05, 0.1) is 0 Å². The van der Waals surface area contributed by atoms with E-state index in [1.165, 1.54) is 16.0 Å². The Hall–Kier alpha value is -0.960. The second kappa shape index (κ2) is 5.94. The molecule has 88 valence electrons. The van der Waals surface area contributed by atoms with Gasteiger partial charge in [0.25, 0.3) is 0 Å². The minimum atomic E-state index is 0.0362. The molecule has 1 unspecified atom stereocenters. The topological polar surface area (TPSA) is 29.1 Å². The second-order valence-corrected chi connectivity index (χ2v) is 5.24. The first-order valence-electron chi connectivity index (χ1n) is 5.46. The van der Waals surface area contributed by atoms with E-state index in [1.54, 1.807) is 18.7 Å². The molecule has 1 rings (SSSR count). The normalized spacial score (nSPS) is 12.2. The largest absolute Gasteiger partial charge is 0.353 e. The first kappa shape index (κ1) is 13.1. The van der Waals surface area contributed by atoms with E-state index >= 15 is 0 Å². The zero-order chi connectivity index (χ0) is 12.1. The molecule has 2 nitrogen and oxygen atoms in total. The summed E-state index contributed by atoms with van der Waals surface area (Å²) < 4.78 is 0. The number of amides is 1. The van der Waals surface area contributed by atoms with Gasteiger partial charge in [0.1, 0.15) is 0 Å². The SMILES string of the molecule is CC(=O)NC(C)CSc1cc(C)ccc1C. The van der Waals surface area contributed by atoms with Gasteiger partial charge in [0, 0.05) is 23.6 Å². The smallest absolute Gasteiger partial charge is 0.217 e. The Bertz CT molecular complexity index is 376. The summed E-state index contributed by atoms with van der Waals surface area (Å²) >= 11 is 1.80. The maximum absolute atomic E-state index is 10.9. The third-order valence-corrected chi connectivity index (χ3v) is 3.70. The van der Waals surface area contributed by atoms with Crippen LogP contribution in [0.5, 0.6) is 0 Å². The summed E-state index contributed by atoms with van der Waals surface area (Å²) in [5.41, 5.74) is 2.57. The minimum absolute atomic E-state index is 0.0362. The van der Waals surface area contributed by atoms with Crippen LogP contribution in [0.25, 0.3) is 0 Å². The summed E-state index contributed by atoms with van der Waals surface area (Å²) in [5.74, 6) is 0.943. The van der Waals surface area contributed by atoms with Gasteiger partial charge in [-0.25, -0.2) is 0 Å². The lowest BCUT2D eigenvalue weighted by molar-refractivity contribution is -0.119. The minimum Gasteiger partial charge on any atom is -0.353 e. The first-order valence-corrected chi connectivity index (χ1v) is 6.44. The fraction of sp³-hybridized carbons (Fsp3) is 0.462. The van der Waals surface area contributed by atoms with Gasteiger partial charge >= 0.3 is 0 Å². The van der Waals surface area contributed by atoms with Gasteiger partial charge < -0.3 is 5.32 Å². The Labute approximate surface area is 102 Å². The van der Waals surface area contributed by atoms with Crippen LogP contribution in [-0.2, 0) is 4.79 Å². The van der Waals surface area contributed by atoms with Gasteiger partial charge in [0.15, 0.2) is 0 Å². The van der Waals surface area contributed by atoms with Gasteiger partial charge in [-0.05, 0) is 32.4 Å². The number of thioether (sulfide) groups is 1. The highest BCUT2D eigenvalue weighted by molar-refractivity contribution is 7.99. The molecule has 16 heavy (non-hydrogen) atoms. The van der Waals surface area contributed by atoms with Gasteiger partial charge in [0.2, 0.25) is 5.91 Å². The molecule has 1 atom stereocenters.